The van der Waals surface area contributed by atoms with Crippen LogP contribution in [0.25, 0.3) is 0 Å². The zero-order chi connectivity index (χ0) is 55.0. The summed E-state index contributed by atoms with van der Waals surface area (Å²) in [5, 5.41) is 23.4. The summed E-state index contributed by atoms with van der Waals surface area (Å²) in [4.78, 5) is 24.6. The van der Waals surface area contributed by atoms with E-state index in [1.54, 1.807) is 0 Å². The molecule has 0 bridgehead atoms. The molecule has 0 rings (SSSR count). The minimum Gasteiger partial charge on any atom is -0.466 e. The molecule has 2 unspecified atom stereocenters. The molecule has 0 radical (unpaired) electrons. The molecule has 6 heteroatoms. The molecule has 2 atom stereocenters. The first-order valence-corrected chi connectivity index (χ1v) is 34.6. The second-order valence-corrected chi connectivity index (χ2v) is 23.9. The molecule has 0 saturated carbocycles. The summed E-state index contributed by atoms with van der Waals surface area (Å²) in [5.41, 5.74) is 0. The lowest BCUT2D eigenvalue weighted by atomic mass is 10.0. The lowest BCUT2D eigenvalue weighted by molar-refractivity contribution is -0.143. The number of amides is 1. The normalized spacial score (nSPS) is 12.6. The number of aliphatic hydroxyl groups is 2. The van der Waals surface area contributed by atoms with Gasteiger partial charge in [-0.15, -0.1) is 0 Å². The Morgan fingerprint density at radius 3 is 1.05 bits per heavy atom. The molecule has 0 aromatic rings. The molecule has 0 aliphatic heterocycles. The van der Waals surface area contributed by atoms with E-state index in [0.29, 0.717) is 25.9 Å². The number of carbonyl (C=O) groups excluding carboxylic acids is 2. The predicted molar refractivity (Wildman–Crippen MR) is 333 cm³/mol. The number of esters is 1. The third-order valence-corrected chi connectivity index (χ3v) is 16.2. The molecule has 0 aromatic carbocycles. The van der Waals surface area contributed by atoms with Crippen LogP contribution in [0.4, 0.5) is 0 Å². The number of hydrogen-bond donors (Lipinski definition) is 3. The van der Waals surface area contributed by atoms with Gasteiger partial charge in [0.2, 0.25) is 5.91 Å². The van der Waals surface area contributed by atoms with E-state index in [-0.39, 0.29) is 18.5 Å². The lowest BCUT2D eigenvalue weighted by Gasteiger charge is -2.22. The van der Waals surface area contributed by atoms with Gasteiger partial charge in [0.15, 0.2) is 0 Å². The standard InChI is InChI=1S/C70H135NO5/c1-3-5-7-9-11-13-15-17-18-19-20-21-22-23-26-29-32-35-39-42-46-50-54-58-62-68(73)67(66-72)71-69(74)63-59-55-51-47-43-40-36-33-30-27-24-25-28-31-34-37-41-45-49-53-57-61-65-76-70(75)64-60-56-52-48-44-38-16-14-12-10-8-6-4-2/h8,10,14,16,67-68,72-73H,3-7,9,11-13,15,17-66H2,1-2H3,(H,71,74)/b10-8-,16-14-. The van der Waals surface area contributed by atoms with Crippen molar-refractivity contribution in [3.8, 4) is 0 Å². The molecule has 450 valence electrons. The second kappa shape index (κ2) is 65.9. The van der Waals surface area contributed by atoms with E-state index in [4.69, 9.17) is 4.74 Å². The highest BCUT2D eigenvalue weighted by molar-refractivity contribution is 5.76. The Bertz CT molecular complexity index is 1190. The van der Waals surface area contributed by atoms with Crippen molar-refractivity contribution in [1.29, 1.82) is 0 Å². The van der Waals surface area contributed by atoms with Gasteiger partial charge in [-0.05, 0) is 51.4 Å². The third kappa shape index (κ3) is 61.6. The van der Waals surface area contributed by atoms with E-state index < -0.39 is 12.1 Å². The molecule has 76 heavy (non-hydrogen) atoms. The van der Waals surface area contributed by atoms with Crippen molar-refractivity contribution in [3.63, 3.8) is 0 Å². The number of rotatable bonds is 65. The highest BCUT2D eigenvalue weighted by Gasteiger charge is 2.20. The molecule has 0 spiro atoms. The molecule has 3 N–H and O–H groups in total. The number of carbonyl (C=O) groups is 2. The van der Waals surface area contributed by atoms with Crippen LogP contribution in [-0.4, -0.2) is 47.4 Å². The molecule has 0 fully saturated rings. The number of ether oxygens (including phenoxy) is 1. The van der Waals surface area contributed by atoms with Crippen molar-refractivity contribution in [1.82, 2.24) is 5.32 Å². The van der Waals surface area contributed by atoms with Crippen LogP contribution in [0, 0.1) is 0 Å². The van der Waals surface area contributed by atoms with E-state index in [2.05, 4.69) is 43.5 Å². The first kappa shape index (κ1) is 74.3. The van der Waals surface area contributed by atoms with Gasteiger partial charge in [0.1, 0.15) is 0 Å². The summed E-state index contributed by atoms with van der Waals surface area (Å²) in [6, 6.07) is -0.543. The molecule has 0 aliphatic rings. The van der Waals surface area contributed by atoms with Gasteiger partial charge < -0.3 is 20.3 Å². The fraction of sp³-hybridized carbons (Fsp3) is 0.914. The lowest BCUT2D eigenvalue weighted by Crippen LogP contribution is -2.45. The van der Waals surface area contributed by atoms with E-state index in [1.165, 1.54) is 302 Å². The molecule has 0 aromatic heterocycles. The number of nitrogens with one attached hydrogen (secondary N) is 1. The third-order valence-electron chi connectivity index (χ3n) is 16.2. The van der Waals surface area contributed by atoms with E-state index in [9.17, 15) is 19.8 Å². The second-order valence-electron chi connectivity index (χ2n) is 23.9. The highest BCUT2D eigenvalue weighted by atomic mass is 16.5. The van der Waals surface area contributed by atoms with Gasteiger partial charge >= 0.3 is 5.97 Å². The number of allylic oxidation sites excluding steroid dienone is 4. The quantitative estimate of drug-likeness (QED) is 0.0320. The Hall–Kier alpha value is -1.66. The molecule has 6 nitrogen and oxygen atoms in total. The summed E-state index contributed by atoms with van der Waals surface area (Å²) in [5.74, 6) is -0.0319. The van der Waals surface area contributed by atoms with Crippen LogP contribution in [0.15, 0.2) is 24.3 Å². The van der Waals surface area contributed by atoms with Crippen molar-refractivity contribution in [3.05, 3.63) is 24.3 Å². The van der Waals surface area contributed by atoms with Gasteiger partial charge in [-0.1, -0.05) is 346 Å². The number of hydrogen-bond acceptors (Lipinski definition) is 5. The number of unbranched alkanes of at least 4 members (excludes halogenated alkanes) is 50. The Morgan fingerprint density at radius 1 is 0.368 bits per heavy atom. The SMILES string of the molecule is CCC/C=C\C/C=C\CCCCCCCC(=O)OCCCCCCCCCCCCCCCCCCCCCCCCC(=O)NC(CO)C(O)CCCCCCCCCCCCCCCCCCCCCCCCCC. The fourth-order valence-electron chi connectivity index (χ4n) is 11.0. The molecule has 0 aliphatic carbocycles. The Labute approximate surface area is 475 Å². The zero-order valence-corrected chi connectivity index (χ0v) is 51.5. The van der Waals surface area contributed by atoms with Crippen LogP contribution in [0.1, 0.15) is 386 Å². The van der Waals surface area contributed by atoms with Gasteiger partial charge in [0.05, 0.1) is 25.4 Å². The van der Waals surface area contributed by atoms with Crippen molar-refractivity contribution >= 4 is 11.9 Å². The van der Waals surface area contributed by atoms with Crippen molar-refractivity contribution in [2.75, 3.05) is 13.2 Å². The minimum absolute atomic E-state index is 0.00121. The molecular weight excluding hydrogens is 935 g/mol. The first-order valence-electron chi connectivity index (χ1n) is 34.6. The Balaban J connectivity index is 3.38. The highest BCUT2D eigenvalue weighted by Crippen LogP contribution is 2.19. The maximum Gasteiger partial charge on any atom is 0.305 e. The van der Waals surface area contributed by atoms with Crippen LogP contribution in [0.3, 0.4) is 0 Å². The Morgan fingerprint density at radius 2 is 0.684 bits per heavy atom. The Kier molecular flexibility index (Phi) is 64.4. The van der Waals surface area contributed by atoms with Gasteiger partial charge in [0.25, 0.3) is 0 Å². The topological polar surface area (TPSA) is 95.9 Å². The summed E-state index contributed by atoms with van der Waals surface area (Å²) in [6.07, 6.45) is 82.2. The molecule has 0 saturated heterocycles. The van der Waals surface area contributed by atoms with Crippen LogP contribution in [0.2, 0.25) is 0 Å². The maximum atomic E-state index is 12.6. The average Bonchev–Trinajstić information content (AvgIpc) is 3.42. The van der Waals surface area contributed by atoms with Crippen molar-refractivity contribution in [2.24, 2.45) is 0 Å². The van der Waals surface area contributed by atoms with Crippen LogP contribution < -0.4 is 5.32 Å². The van der Waals surface area contributed by atoms with Gasteiger partial charge in [-0.2, -0.15) is 0 Å². The first-order chi connectivity index (χ1) is 37.5. The van der Waals surface area contributed by atoms with Crippen LogP contribution in [-0.2, 0) is 14.3 Å². The monoisotopic (exact) mass is 1070 g/mol. The number of aliphatic hydroxyl groups excluding tert-OH is 2. The van der Waals surface area contributed by atoms with Gasteiger partial charge in [-0.25, -0.2) is 0 Å². The zero-order valence-electron chi connectivity index (χ0n) is 51.5. The van der Waals surface area contributed by atoms with E-state index in [0.717, 1.165) is 51.4 Å². The summed E-state index contributed by atoms with van der Waals surface area (Å²) in [7, 11) is 0. The summed E-state index contributed by atoms with van der Waals surface area (Å²) >= 11 is 0. The van der Waals surface area contributed by atoms with E-state index >= 15 is 0 Å². The van der Waals surface area contributed by atoms with Crippen LogP contribution in [0.5, 0.6) is 0 Å². The van der Waals surface area contributed by atoms with Gasteiger partial charge in [-0.3, -0.25) is 9.59 Å². The van der Waals surface area contributed by atoms with E-state index in [1.807, 2.05) is 0 Å². The smallest absolute Gasteiger partial charge is 0.305 e. The van der Waals surface area contributed by atoms with Crippen molar-refractivity contribution in [2.45, 2.75) is 398 Å². The summed E-state index contributed by atoms with van der Waals surface area (Å²) < 4.78 is 5.47. The molecule has 1 amide bonds. The summed E-state index contributed by atoms with van der Waals surface area (Å²) in [6.45, 7) is 4.92. The predicted octanol–water partition coefficient (Wildman–Crippen LogP) is 22.1. The molecule has 0 heterocycles. The van der Waals surface area contributed by atoms with Gasteiger partial charge in [0, 0.05) is 12.8 Å². The maximum absolute atomic E-state index is 12.6. The largest absolute Gasteiger partial charge is 0.466 e. The van der Waals surface area contributed by atoms with Crippen LogP contribution >= 0.6 is 0 Å². The fourth-order valence-corrected chi connectivity index (χ4v) is 11.0. The average molecular weight is 1070 g/mol. The molecular formula is C70H135NO5. The van der Waals surface area contributed by atoms with Crippen molar-refractivity contribution < 1.29 is 24.5 Å². The minimum atomic E-state index is -0.666.